The van der Waals surface area contributed by atoms with Crippen molar-refractivity contribution in [2.24, 2.45) is 17.8 Å². The largest absolute Gasteiger partial charge is 0.299 e. The molecule has 0 heterocycles. The quantitative estimate of drug-likeness (QED) is 0.788. The van der Waals surface area contributed by atoms with Crippen LogP contribution in [0.3, 0.4) is 0 Å². The van der Waals surface area contributed by atoms with E-state index in [0.29, 0.717) is 24.2 Å². The molecule has 0 amide bonds. The first-order valence-electron chi connectivity index (χ1n) is 7.99. The summed E-state index contributed by atoms with van der Waals surface area (Å²) in [5.74, 6) is -0.0579. The minimum Gasteiger partial charge on any atom is -0.299 e. The molecule has 0 spiro atoms. The van der Waals surface area contributed by atoms with E-state index in [1.165, 1.54) is 0 Å². The zero-order chi connectivity index (χ0) is 15.5. The van der Waals surface area contributed by atoms with E-state index in [0.717, 1.165) is 12.0 Å². The molecular weight excluding hydrogens is 296 g/mol. The maximum atomic E-state index is 13.5. The van der Waals surface area contributed by atoms with Crippen molar-refractivity contribution in [1.29, 1.82) is 0 Å². The van der Waals surface area contributed by atoms with E-state index in [2.05, 4.69) is 6.08 Å². The first kappa shape index (κ1) is 14.2. The van der Waals surface area contributed by atoms with Crippen LogP contribution >= 0.6 is 0 Å². The Balaban J connectivity index is 1.90. The Morgan fingerprint density at radius 3 is 2.59 bits per heavy atom. The van der Waals surface area contributed by atoms with Gasteiger partial charge in [0.2, 0.25) is 0 Å². The molecule has 3 nitrogen and oxygen atoms in total. The lowest BCUT2D eigenvalue weighted by Crippen LogP contribution is -2.54. The normalized spacial score (nSPS) is 36.6. The second-order valence-corrected chi connectivity index (χ2v) is 9.20. The fourth-order valence-electron chi connectivity index (χ4n) is 4.91. The third-order valence-corrected chi connectivity index (χ3v) is 8.52. The van der Waals surface area contributed by atoms with Crippen molar-refractivity contribution in [2.75, 3.05) is 0 Å². The van der Waals surface area contributed by atoms with Crippen molar-refractivity contribution >= 4 is 15.6 Å². The SMILES string of the molecule is Cc1ccc(S(=O)(=O)[C@]23CCCC(=O)[C@H]2[C@H]2C=C[C@@H]3C2)cc1. The van der Waals surface area contributed by atoms with Crippen molar-refractivity contribution in [3.63, 3.8) is 0 Å². The Kier molecular flexibility index (Phi) is 2.93. The number of allylic oxidation sites excluding steroid dienone is 2. The number of ketones is 1. The zero-order valence-electron chi connectivity index (χ0n) is 12.7. The number of rotatable bonds is 2. The molecule has 3 aliphatic rings. The molecule has 4 heteroatoms. The molecule has 3 aliphatic carbocycles. The standard InChI is InChI=1S/C18H20O3S/c1-12-4-8-15(9-5-12)22(20,21)18-10-2-3-16(19)17(18)13-6-7-14(18)11-13/h4-9,13-14,17H,2-3,10-11H2,1H3/t13-,14+,17+,18-/m0/s1. The van der Waals surface area contributed by atoms with Gasteiger partial charge in [-0.05, 0) is 50.2 Å². The van der Waals surface area contributed by atoms with Crippen LogP contribution in [0.5, 0.6) is 0 Å². The lowest BCUT2D eigenvalue weighted by molar-refractivity contribution is -0.126. The minimum atomic E-state index is -3.51. The van der Waals surface area contributed by atoms with Crippen LogP contribution < -0.4 is 0 Å². The number of aryl methyl sites for hydroxylation is 1. The highest BCUT2D eigenvalue weighted by molar-refractivity contribution is 7.93. The van der Waals surface area contributed by atoms with Gasteiger partial charge in [0.15, 0.2) is 9.84 Å². The molecule has 0 saturated heterocycles. The fraction of sp³-hybridized carbons (Fsp3) is 0.500. The molecule has 0 aromatic heterocycles. The van der Waals surface area contributed by atoms with Crippen molar-refractivity contribution in [2.45, 2.75) is 42.2 Å². The summed E-state index contributed by atoms with van der Waals surface area (Å²) in [5.41, 5.74) is 1.04. The van der Waals surface area contributed by atoms with Gasteiger partial charge in [-0.25, -0.2) is 8.42 Å². The van der Waals surface area contributed by atoms with Crippen LogP contribution in [-0.4, -0.2) is 18.9 Å². The maximum absolute atomic E-state index is 13.5. The summed E-state index contributed by atoms with van der Waals surface area (Å²) in [4.78, 5) is 12.9. The van der Waals surface area contributed by atoms with E-state index in [9.17, 15) is 13.2 Å². The predicted octanol–water partition coefficient (Wildman–Crippen LogP) is 3.08. The number of sulfone groups is 1. The van der Waals surface area contributed by atoms with E-state index in [-0.39, 0.29) is 23.5 Å². The van der Waals surface area contributed by atoms with E-state index < -0.39 is 14.6 Å². The van der Waals surface area contributed by atoms with Gasteiger partial charge in [0.1, 0.15) is 5.78 Å². The number of hydrogen-bond donors (Lipinski definition) is 0. The van der Waals surface area contributed by atoms with Crippen LogP contribution in [0, 0.1) is 24.7 Å². The van der Waals surface area contributed by atoms with E-state index in [1.807, 2.05) is 25.1 Å². The molecule has 22 heavy (non-hydrogen) atoms. The molecule has 2 saturated carbocycles. The maximum Gasteiger partial charge on any atom is 0.185 e. The molecular formula is C18H20O3S. The Morgan fingerprint density at radius 2 is 1.86 bits per heavy atom. The van der Waals surface area contributed by atoms with Gasteiger partial charge < -0.3 is 0 Å². The molecule has 4 atom stereocenters. The molecule has 4 rings (SSSR count). The molecule has 116 valence electrons. The summed E-state index contributed by atoms with van der Waals surface area (Å²) in [6, 6.07) is 7.08. The molecule has 2 bridgehead atoms. The van der Waals surface area contributed by atoms with Crippen LogP contribution in [0.25, 0.3) is 0 Å². The highest BCUT2D eigenvalue weighted by Crippen LogP contribution is 2.60. The third-order valence-electron chi connectivity index (χ3n) is 5.87. The Morgan fingerprint density at radius 1 is 1.14 bits per heavy atom. The summed E-state index contributed by atoms with van der Waals surface area (Å²) < 4.78 is 26.0. The minimum absolute atomic E-state index is 0.00180. The van der Waals surface area contributed by atoms with Crippen molar-refractivity contribution < 1.29 is 13.2 Å². The van der Waals surface area contributed by atoms with Crippen LogP contribution in [0.2, 0.25) is 0 Å². The highest BCUT2D eigenvalue weighted by Gasteiger charge is 2.66. The Hall–Kier alpha value is -1.42. The number of benzene rings is 1. The van der Waals surface area contributed by atoms with Crippen molar-refractivity contribution in [3.05, 3.63) is 42.0 Å². The molecule has 1 aromatic carbocycles. The summed E-state index contributed by atoms with van der Waals surface area (Å²) in [6.45, 7) is 1.95. The van der Waals surface area contributed by atoms with E-state index >= 15 is 0 Å². The number of fused-ring (bicyclic) bond motifs is 5. The summed E-state index contributed by atoms with van der Waals surface area (Å²) >= 11 is 0. The van der Waals surface area contributed by atoms with Crippen molar-refractivity contribution in [1.82, 2.24) is 0 Å². The average molecular weight is 316 g/mol. The summed E-state index contributed by atoms with van der Waals surface area (Å²) in [5, 5.41) is 0. The van der Waals surface area contributed by atoms with Crippen molar-refractivity contribution in [3.8, 4) is 0 Å². The second-order valence-electron chi connectivity index (χ2n) is 6.96. The number of carbonyl (C=O) groups is 1. The Labute approximate surface area is 131 Å². The van der Waals surface area contributed by atoms with Gasteiger partial charge in [-0.1, -0.05) is 29.8 Å². The second kappa shape index (κ2) is 4.54. The number of Topliss-reactive ketones (excluding diaryl/α,β-unsaturated/α-hetero) is 1. The van der Waals surface area contributed by atoms with Crippen LogP contribution in [0.15, 0.2) is 41.3 Å². The average Bonchev–Trinajstić information content (AvgIpc) is 3.09. The topological polar surface area (TPSA) is 51.2 Å². The Bertz CT molecular complexity index is 760. The number of hydrogen-bond acceptors (Lipinski definition) is 3. The van der Waals surface area contributed by atoms with Crippen LogP contribution in [0.4, 0.5) is 0 Å². The predicted molar refractivity (Wildman–Crippen MR) is 84.2 cm³/mol. The smallest absolute Gasteiger partial charge is 0.185 e. The van der Waals surface area contributed by atoms with Gasteiger partial charge in [-0.2, -0.15) is 0 Å². The highest BCUT2D eigenvalue weighted by atomic mass is 32.2. The molecule has 0 aliphatic heterocycles. The third kappa shape index (κ3) is 1.62. The van der Waals surface area contributed by atoms with Crippen LogP contribution in [-0.2, 0) is 14.6 Å². The van der Waals surface area contributed by atoms with Gasteiger partial charge in [0.25, 0.3) is 0 Å². The first-order valence-corrected chi connectivity index (χ1v) is 9.47. The van der Waals surface area contributed by atoms with Gasteiger partial charge in [-0.3, -0.25) is 4.79 Å². The lowest BCUT2D eigenvalue weighted by Gasteiger charge is -2.43. The fourth-order valence-corrected chi connectivity index (χ4v) is 7.47. The molecule has 1 aromatic rings. The zero-order valence-corrected chi connectivity index (χ0v) is 13.5. The first-order chi connectivity index (χ1) is 10.5. The van der Waals surface area contributed by atoms with E-state index in [4.69, 9.17) is 0 Å². The molecule has 0 radical (unpaired) electrons. The van der Waals surface area contributed by atoms with Crippen LogP contribution in [0.1, 0.15) is 31.2 Å². The number of carbonyl (C=O) groups excluding carboxylic acids is 1. The molecule has 2 fully saturated rings. The molecule has 0 unspecified atom stereocenters. The molecule has 0 N–H and O–H groups in total. The lowest BCUT2D eigenvalue weighted by atomic mass is 9.72. The van der Waals surface area contributed by atoms with Gasteiger partial charge in [-0.15, -0.1) is 0 Å². The van der Waals surface area contributed by atoms with Gasteiger partial charge >= 0.3 is 0 Å². The summed E-state index contributed by atoms with van der Waals surface area (Å²) in [7, 11) is -3.51. The van der Waals surface area contributed by atoms with E-state index in [1.54, 1.807) is 12.1 Å². The summed E-state index contributed by atoms with van der Waals surface area (Å²) in [6.07, 6.45) is 6.78. The van der Waals surface area contributed by atoms with Gasteiger partial charge in [0.05, 0.1) is 9.64 Å². The van der Waals surface area contributed by atoms with Gasteiger partial charge in [0, 0.05) is 12.3 Å². The monoisotopic (exact) mass is 316 g/mol.